The van der Waals surface area contributed by atoms with Crippen LogP contribution in [0.2, 0.25) is 0 Å². The summed E-state index contributed by atoms with van der Waals surface area (Å²) in [5.41, 5.74) is 0.980. The molecule has 2 aromatic carbocycles. The van der Waals surface area contributed by atoms with Gasteiger partial charge in [-0.1, -0.05) is 30.0 Å². The monoisotopic (exact) mass is 435 g/mol. The number of carbonyl (C=O) groups excluding carboxylic acids is 2. The number of imide groups is 1. The SMILES string of the molecule is COc1cc(/C=C/C(=O)N2CCC=C(C#Cc3ccccc3F)C2=O)cc(OC)c1OC. The first-order chi connectivity index (χ1) is 15.5. The molecule has 3 rings (SSSR count). The fourth-order valence-corrected chi connectivity index (χ4v) is 3.14. The zero-order chi connectivity index (χ0) is 23.1. The Hall–Kier alpha value is -4.05. The number of hydrogen-bond acceptors (Lipinski definition) is 5. The number of benzene rings is 2. The van der Waals surface area contributed by atoms with Crippen LogP contribution in [0.4, 0.5) is 4.39 Å². The summed E-state index contributed by atoms with van der Waals surface area (Å²) < 4.78 is 29.7. The summed E-state index contributed by atoms with van der Waals surface area (Å²) in [4.78, 5) is 26.5. The largest absolute Gasteiger partial charge is 0.493 e. The zero-order valence-corrected chi connectivity index (χ0v) is 18.0. The summed E-state index contributed by atoms with van der Waals surface area (Å²) in [6.45, 7) is 0.238. The van der Waals surface area contributed by atoms with Crippen molar-refractivity contribution < 1.29 is 28.2 Å². The molecule has 0 atom stereocenters. The lowest BCUT2D eigenvalue weighted by Crippen LogP contribution is -2.39. The molecule has 0 bridgehead atoms. The maximum absolute atomic E-state index is 13.8. The molecule has 7 heteroatoms. The highest BCUT2D eigenvalue weighted by atomic mass is 19.1. The molecule has 32 heavy (non-hydrogen) atoms. The summed E-state index contributed by atoms with van der Waals surface area (Å²) in [7, 11) is 4.50. The lowest BCUT2D eigenvalue weighted by Gasteiger charge is -2.22. The van der Waals surface area contributed by atoms with Crippen molar-refractivity contribution in [3.63, 3.8) is 0 Å². The van der Waals surface area contributed by atoms with Crippen molar-refractivity contribution in [3.05, 3.63) is 71.1 Å². The van der Waals surface area contributed by atoms with Crippen molar-refractivity contribution in [1.82, 2.24) is 4.90 Å². The minimum absolute atomic E-state index is 0.161. The predicted octanol–water partition coefficient (Wildman–Crippen LogP) is 3.60. The average molecular weight is 435 g/mol. The molecule has 0 fully saturated rings. The Morgan fingerprint density at radius 3 is 2.38 bits per heavy atom. The third-order valence-corrected chi connectivity index (χ3v) is 4.75. The molecule has 0 spiro atoms. The van der Waals surface area contributed by atoms with Crippen molar-refractivity contribution in [2.75, 3.05) is 27.9 Å². The summed E-state index contributed by atoms with van der Waals surface area (Å²) in [6, 6.07) is 9.42. The van der Waals surface area contributed by atoms with Crippen LogP contribution in [0.25, 0.3) is 6.08 Å². The van der Waals surface area contributed by atoms with Gasteiger partial charge in [-0.05, 0) is 42.3 Å². The van der Waals surface area contributed by atoms with Gasteiger partial charge in [0, 0.05) is 12.6 Å². The first kappa shape index (κ1) is 22.6. The van der Waals surface area contributed by atoms with Gasteiger partial charge in [0.15, 0.2) is 11.5 Å². The minimum atomic E-state index is -0.514. The summed E-state index contributed by atoms with van der Waals surface area (Å²) in [6.07, 6.45) is 4.98. The minimum Gasteiger partial charge on any atom is -0.493 e. The van der Waals surface area contributed by atoms with Crippen molar-refractivity contribution >= 4 is 17.9 Å². The fraction of sp³-hybridized carbons (Fsp3) is 0.200. The third-order valence-electron chi connectivity index (χ3n) is 4.75. The number of halogens is 1. The lowest BCUT2D eigenvalue weighted by molar-refractivity contribution is -0.139. The van der Waals surface area contributed by atoms with E-state index in [0.717, 1.165) is 4.90 Å². The highest BCUT2D eigenvalue weighted by molar-refractivity contribution is 6.11. The number of nitrogens with zero attached hydrogens (tertiary/aromatic N) is 1. The topological polar surface area (TPSA) is 65.1 Å². The van der Waals surface area contributed by atoms with Gasteiger partial charge in [-0.3, -0.25) is 14.5 Å². The van der Waals surface area contributed by atoms with Crippen LogP contribution in [0.5, 0.6) is 17.2 Å². The smallest absolute Gasteiger partial charge is 0.268 e. The van der Waals surface area contributed by atoms with Crippen molar-refractivity contribution in [1.29, 1.82) is 0 Å². The standard InChI is InChI=1S/C25H22FNO5/c1-30-21-15-17(16-22(31-2)24(21)32-3)10-13-23(28)27-14-6-8-19(25(27)29)12-11-18-7-4-5-9-20(18)26/h4-5,7-10,13,15-16H,6,14H2,1-3H3/b13-10+. The molecule has 0 saturated carbocycles. The summed E-state index contributed by atoms with van der Waals surface area (Å²) in [5, 5.41) is 0. The van der Waals surface area contributed by atoms with Crippen LogP contribution in [-0.4, -0.2) is 44.6 Å². The second-order valence-corrected chi connectivity index (χ2v) is 6.72. The van der Waals surface area contributed by atoms with E-state index in [1.54, 1.807) is 36.4 Å². The first-order valence-corrected chi connectivity index (χ1v) is 9.79. The molecule has 0 aromatic heterocycles. The quantitative estimate of drug-likeness (QED) is 0.530. The molecule has 1 aliphatic rings. The maximum Gasteiger partial charge on any atom is 0.268 e. The normalized spacial score (nSPS) is 13.3. The van der Waals surface area contributed by atoms with Gasteiger partial charge in [-0.15, -0.1) is 0 Å². The average Bonchev–Trinajstić information content (AvgIpc) is 2.81. The number of rotatable bonds is 5. The third kappa shape index (κ3) is 4.98. The molecule has 1 heterocycles. The molecule has 164 valence electrons. The number of amides is 2. The Kier molecular flexibility index (Phi) is 7.29. The molecule has 2 amide bonds. The van der Waals surface area contributed by atoms with E-state index in [0.29, 0.717) is 29.2 Å². The fourth-order valence-electron chi connectivity index (χ4n) is 3.14. The molecular weight excluding hydrogens is 413 g/mol. The van der Waals surface area contributed by atoms with Crippen LogP contribution in [-0.2, 0) is 9.59 Å². The van der Waals surface area contributed by atoms with Gasteiger partial charge in [0.25, 0.3) is 11.8 Å². The van der Waals surface area contributed by atoms with E-state index in [1.807, 2.05) is 0 Å². The van der Waals surface area contributed by atoms with Crippen molar-refractivity contribution in [2.24, 2.45) is 0 Å². The molecule has 0 radical (unpaired) electrons. The Balaban J connectivity index is 1.78. The Morgan fingerprint density at radius 1 is 1.06 bits per heavy atom. The summed E-state index contributed by atoms with van der Waals surface area (Å²) in [5.74, 6) is 5.21. The van der Waals surface area contributed by atoms with E-state index in [9.17, 15) is 14.0 Å². The summed E-state index contributed by atoms with van der Waals surface area (Å²) >= 11 is 0. The second-order valence-electron chi connectivity index (χ2n) is 6.72. The molecule has 6 nitrogen and oxygen atoms in total. The zero-order valence-electron chi connectivity index (χ0n) is 18.0. The predicted molar refractivity (Wildman–Crippen MR) is 118 cm³/mol. The van der Waals surface area contributed by atoms with Gasteiger partial charge in [0.05, 0.1) is 32.5 Å². The van der Waals surface area contributed by atoms with Gasteiger partial charge < -0.3 is 14.2 Å². The Bertz CT molecular complexity index is 1130. The highest BCUT2D eigenvalue weighted by Gasteiger charge is 2.25. The van der Waals surface area contributed by atoms with Crippen LogP contribution in [0.15, 0.2) is 54.1 Å². The van der Waals surface area contributed by atoms with Gasteiger partial charge >= 0.3 is 0 Å². The second kappa shape index (κ2) is 10.3. The highest BCUT2D eigenvalue weighted by Crippen LogP contribution is 2.38. The number of hydrogen-bond donors (Lipinski definition) is 0. The van der Waals surface area contributed by atoms with E-state index < -0.39 is 17.6 Å². The first-order valence-electron chi connectivity index (χ1n) is 9.79. The maximum atomic E-state index is 13.8. The Labute approximate surface area is 185 Å². The van der Waals surface area contributed by atoms with E-state index in [-0.39, 0.29) is 17.7 Å². The van der Waals surface area contributed by atoms with E-state index in [1.165, 1.54) is 39.5 Å². The van der Waals surface area contributed by atoms with Crippen molar-refractivity contribution in [3.8, 4) is 29.1 Å². The van der Waals surface area contributed by atoms with Crippen LogP contribution in [0.1, 0.15) is 17.5 Å². The van der Waals surface area contributed by atoms with Crippen LogP contribution in [0.3, 0.4) is 0 Å². The molecular formula is C25H22FNO5. The van der Waals surface area contributed by atoms with Gasteiger partial charge in [0.2, 0.25) is 5.75 Å². The van der Waals surface area contributed by atoms with Crippen molar-refractivity contribution in [2.45, 2.75) is 6.42 Å². The lowest BCUT2D eigenvalue weighted by atomic mass is 10.1. The molecule has 0 N–H and O–H groups in total. The van der Waals surface area contributed by atoms with Crippen LogP contribution >= 0.6 is 0 Å². The number of carbonyl (C=O) groups is 2. The molecule has 0 aliphatic carbocycles. The Morgan fingerprint density at radius 2 is 1.75 bits per heavy atom. The van der Waals surface area contributed by atoms with Crippen LogP contribution in [0, 0.1) is 17.7 Å². The van der Waals surface area contributed by atoms with Gasteiger partial charge in [0.1, 0.15) is 5.82 Å². The number of methoxy groups -OCH3 is 3. The number of ether oxygens (including phenoxy) is 3. The molecule has 0 unspecified atom stereocenters. The molecule has 0 saturated heterocycles. The van der Waals surface area contributed by atoms with E-state index in [4.69, 9.17) is 14.2 Å². The van der Waals surface area contributed by atoms with E-state index >= 15 is 0 Å². The van der Waals surface area contributed by atoms with Crippen LogP contribution < -0.4 is 14.2 Å². The van der Waals surface area contributed by atoms with Gasteiger partial charge in [-0.2, -0.15) is 0 Å². The molecule has 1 aliphatic heterocycles. The van der Waals surface area contributed by atoms with Gasteiger partial charge in [-0.25, -0.2) is 4.39 Å². The molecule has 2 aromatic rings. The van der Waals surface area contributed by atoms with E-state index in [2.05, 4.69) is 11.8 Å².